The van der Waals surface area contributed by atoms with Gasteiger partial charge in [-0.2, -0.15) is 11.3 Å². The van der Waals surface area contributed by atoms with E-state index in [4.69, 9.17) is 4.42 Å². The van der Waals surface area contributed by atoms with Gasteiger partial charge in [-0.3, -0.25) is 0 Å². The predicted octanol–water partition coefficient (Wildman–Crippen LogP) is 2.55. The van der Waals surface area contributed by atoms with Crippen LogP contribution >= 0.6 is 11.3 Å². The molecule has 2 N–H and O–H groups in total. The normalized spacial score (nSPS) is 12.6. The van der Waals surface area contributed by atoms with Gasteiger partial charge >= 0.3 is 6.01 Å². The first-order valence-electron chi connectivity index (χ1n) is 5.15. The Hall–Kier alpha value is -1.40. The van der Waals surface area contributed by atoms with E-state index in [2.05, 4.69) is 20.8 Å². The molecule has 0 fully saturated rings. The highest BCUT2D eigenvalue weighted by atomic mass is 32.1. The van der Waals surface area contributed by atoms with Crippen LogP contribution in [0.15, 0.2) is 21.2 Å². The Kier molecular flexibility index (Phi) is 3.53. The molecule has 0 radical (unpaired) electrons. The number of hydrogen-bond donors (Lipinski definition) is 2. The summed E-state index contributed by atoms with van der Waals surface area (Å²) >= 11 is 1.62. The molecule has 0 spiro atoms. The van der Waals surface area contributed by atoms with E-state index in [-0.39, 0.29) is 6.04 Å². The lowest BCUT2D eigenvalue weighted by Crippen LogP contribution is -2.17. The topological polar surface area (TPSA) is 63.0 Å². The SMILES string of the molecule is CCNC(C)c1nnc(Nc2ccsc2)o1. The first-order valence-corrected chi connectivity index (χ1v) is 6.10. The molecule has 0 aromatic carbocycles. The summed E-state index contributed by atoms with van der Waals surface area (Å²) in [6, 6.07) is 2.47. The second kappa shape index (κ2) is 5.09. The van der Waals surface area contributed by atoms with Gasteiger partial charge in [0, 0.05) is 5.38 Å². The average Bonchev–Trinajstić information content (AvgIpc) is 2.90. The van der Waals surface area contributed by atoms with Gasteiger partial charge in [0.2, 0.25) is 5.89 Å². The Morgan fingerprint density at radius 3 is 3.06 bits per heavy atom. The van der Waals surface area contributed by atoms with E-state index < -0.39 is 0 Å². The molecule has 16 heavy (non-hydrogen) atoms. The summed E-state index contributed by atoms with van der Waals surface area (Å²) in [6.07, 6.45) is 0. The number of anilines is 2. The molecule has 86 valence electrons. The number of nitrogens with one attached hydrogen (secondary N) is 2. The fourth-order valence-electron chi connectivity index (χ4n) is 1.31. The zero-order valence-corrected chi connectivity index (χ0v) is 10.0. The molecule has 0 amide bonds. The largest absolute Gasteiger partial charge is 0.406 e. The molecule has 1 atom stereocenters. The van der Waals surface area contributed by atoms with Crippen molar-refractivity contribution in [1.82, 2.24) is 15.5 Å². The van der Waals surface area contributed by atoms with E-state index >= 15 is 0 Å². The van der Waals surface area contributed by atoms with Crippen molar-refractivity contribution in [1.29, 1.82) is 0 Å². The van der Waals surface area contributed by atoms with Crippen molar-refractivity contribution in [2.75, 3.05) is 11.9 Å². The number of thiophene rings is 1. The molecule has 2 heterocycles. The molecule has 2 aromatic heterocycles. The lowest BCUT2D eigenvalue weighted by molar-refractivity contribution is 0.430. The number of hydrogen-bond acceptors (Lipinski definition) is 6. The smallest absolute Gasteiger partial charge is 0.320 e. The predicted molar refractivity (Wildman–Crippen MR) is 64.0 cm³/mol. The Labute approximate surface area is 97.9 Å². The second-order valence-electron chi connectivity index (χ2n) is 3.36. The number of aromatic nitrogens is 2. The molecule has 2 aromatic rings. The van der Waals surface area contributed by atoms with E-state index in [1.807, 2.05) is 30.7 Å². The van der Waals surface area contributed by atoms with Crippen molar-refractivity contribution in [3.05, 3.63) is 22.7 Å². The maximum Gasteiger partial charge on any atom is 0.320 e. The molecule has 0 aliphatic carbocycles. The van der Waals surface area contributed by atoms with E-state index in [1.54, 1.807) is 11.3 Å². The van der Waals surface area contributed by atoms with Gasteiger partial charge in [-0.15, -0.1) is 5.10 Å². The minimum atomic E-state index is 0.0792. The Bertz CT molecular complexity index is 426. The molecular formula is C10H14N4OS. The summed E-state index contributed by atoms with van der Waals surface area (Å²) in [4.78, 5) is 0. The van der Waals surface area contributed by atoms with Crippen LogP contribution in [-0.4, -0.2) is 16.7 Å². The summed E-state index contributed by atoms with van der Waals surface area (Å²) in [5, 5.41) is 18.1. The fraction of sp³-hybridized carbons (Fsp3) is 0.400. The van der Waals surface area contributed by atoms with Crippen molar-refractivity contribution in [2.45, 2.75) is 19.9 Å². The van der Waals surface area contributed by atoms with Crippen molar-refractivity contribution in [2.24, 2.45) is 0 Å². The highest BCUT2D eigenvalue weighted by Gasteiger charge is 2.12. The van der Waals surface area contributed by atoms with Crippen LogP contribution in [-0.2, 0) is 0 Å². The molecule has 0 saturated heterocycles. The van der Waals surface area contributed by atoms with Crippen molar-refractivity contribution in [3.63, 3.8) is 0 Å². The number of nitrogens with zero attached hydrogens (tertiary/aromatic N) is 2. The third-order valence-corrected chi connectivity index (χ3v) is 2.78. The quantitative estimate of drug-likeness (QED) is 0.838. The minimum Gasteiger partial charge on any atom is -0.406 e. The van der Waals surface area contributed by atoms with Crippen LogP contribution in [0.25, 0.3) is 0 Å². The molecule has 5 nitrogen and oxygen atoms in total. The van der Waals surface area contributed by atoms with Crippen LogP contribution in [0, 0.1) is 0 Å². The van der Waals surface area contributed by atoms with Gasteiger partial charge in [0.05, 0.1) is 11.7 Å². The maximum atomic E-state index is 5.48. The average molecular weight is 238 g/mol. The first kappa shape index (κ1) is 11.1. The minimum absolute atomic E-state index is 0.0792. The van der Waals surface area contributed by atoms with Crippen LogP contribution in [0.3, 0.4) is 0 Å². The van der Waals surface area contributed by atoms with Crippen molar-refractivity contribution < 1.29 is 4.42 Å². The molecule has 1 unspecified atom stereocenters. The summed E-state index contributed by atoms with van der Waals surface area (Å²) < 4.78 is 5.48. The van der Waals surface area contributed by atoms with Crippen molar-refractivity contribution >= 4 is 23.0 Å². The van der Waals surface area contributed by atoms with Gasteiger partial charge in [0.25, 0.3) is 0 Å². The summed E-state index contributed by atoms with van der Waals surface area (Å²) in [5.41, 5.74) is 0.969. The fourth-order valence-corrected chi connectivity index (χ4v) is 1.90. The lowest BCUT2D eigenvalue weighted by atomic mass is 10.3. The number of rotatable bonds is 5. The van der Waals surface area contributed by atoms with Crippen molar-refractivity contribution in [3.8, 4) is 0 Å². The second-order valence-corrected chi connectivity index (χ2v) is 4.14. The molecule has 6 heteroatoms. The van der Waals surface area contributed by atoms with Crippen LogP contribution in [0.5, 0.6) is 0 Å². The van der Waals surface area contributed by atoms with Crippen LogP contribution in [0.2, 0.25) is 0 Å². The molecule has 2 rings (SSSR count). The summed E-state index contributed by atoms with van der Waals surface area (Å²) in [5.74, 6) is 0.597. The van der Waals surface area contributed by atoms with Crippen LogP contribution < -0.4 is 10.6 Å². The van der Waals surface area contributed by atoms with Gasteiger partial charge in [-0.05, 0) is 24.9 Å². The van der Waals surface area contributed by atoms with Gasteiger partial charge in [-0.1, -0.05) is 12.0 Å². The van der Waals surface area contributed by atoms with Gasteiger partial charge in [0.1, 0.15) is 0 Å². The molecule has 0 bridgehead atoms. The Balaban J connectivity index is 2.02. The monoisotopic (exact) mass is 238 g/mol. The van der Waals surface area contributed by atoms with E-state index in [0.717, 1.165) is 12.2 Å². The molecule has 0 saturated carbocycles. The summed E-state index contributed by atoms with van der Waals surface area (Å²) in [6.45, 7) is 4.90. The van der Waals surface area contributed by atoms with Crippen LogP contribution in [0.1, 0.15) is 25.8 Å². The highest BCUT2D eigenvalue weighted by molar-refractivity contribution is 7.08. The zero-order chi connectivity index (χ0) is 11.4. The lowest BCUT2D eigenvalue weighted by Gasteiger charge is -2.05. The Morgan fingerprint density at radius 2 is 2.38 bits per heavy atom. The highest BCUT2D eigenvalue weighted by Crippen LogP contribution is 2.19. The summed E-state index contributed by atoms with van der Waals surface area (Å²) in [7, 11) is 0. The van der Waals surface area contributed by atoms with Gasteiger partial charge in [0.15, 0.2) is 0 Å². The third kappa shape index (κ3) is 2.59. The Morgan fingerprint density at radius 1 is 1.50 bits per heavy atom. The standard InChI is InChI=1S/C10H14N4OS/c1-3-11-7(2)9-13-14-10(15-9)12-8-4-5-16-6-8/h4-7,11H,3H2,1-2H3,(H,12,14). The van der Waals surface area contributed by atoms with E-state index in [0.29, 0.717) is 11.9 Å². The zero-order valence-electron chi connectivity index (χ0n) is 9.23. The molecular weight excluding hydrogens is 224 g/mol. The van der Waals surface area contributed by atoms with Gasteiger partial charge in [-0.25, -0.2) is 0 Å². The van der Waals surface area contributed by atoms with Gasteiger partial charge < -0.3 is 15.1 Å². The molecule has 0 aliphatic heterocycles. The maximum absolute atomic E-state index is 5.48. The van der Waals surface area contributed by atoms with E-state index in [9.17, 15) is 0 Å². The molecule has 0 aliphatic rings. The van der Waals surface area contributed by atoms with Crippen LogP contribution in [0.4, 0.5) is 11.7 Å². The van der Waals surface area contributed by atoms with E-state index in [1.165, 1.54) is 0 Å². The third-order valence-electron chi connectivity index (χ3n) is 2.09. The first-order chi connectivity index (χ1) is 7.79.